The number of anilines is 1. The summed E-state index contributed by atoms with van der Waals surface area (Å²) in [5.41, 5.74) is 9.29. The summed E-state index contributed by atoms with van der Waals surface area (Å²) in [7, 11) is 3.50. The highest BCUT2D eigenvalue weighted by atomic mass is 16.5. The molecule has 0 radical (unpaired) electrons. The molecule has 2 aromatic heterocycles. The highest BCUT2D eigenvalue weighted by Gasteiger charge is 2.25. The van der Waals surface area contributed by atoms with Crippen LogP contribution in [0.1, 0.15) is 6.42 Å². The van der Waals surface area contributed by atoms with Crippen LogP contribution in [0.2, 0.25) is 0 Å². The zero-order valence-electron chi connectivity index (χ0n) is 15.6. The van der Waals surface area contributed by atoms with Gasteiger partial charge in [-0.1, -0.05) is 0 Å². The number of hydrogen-bond donors (Lipinski definition) is 3. The van der Waals surface area contributed by atoms with E-state index < -0.39 is 6.09 Å². The van der Waals surface area contributed by atoms with Gasteiger partial charge in [0.2, 0.25) is 0 Å². The third kappa shape index (κ3) is 3.83. The maximum Gasteiger partial charge on any atom is 0.407 e. The van der Waals surface area contributed by atoms with Gasteiger partial charge in [-0.25, -0.2) is 9.78 Å². The van der Waals surface area contributed by atoms with Gasteiger partial charge in [0, 0.05) is 37.5 Å². The molecular weight excluding hydrogens is 362 g/mol. The number of nitriles is 1. The van der Waals surface area contributed by atoms with Gasteiger partial charge < -0.3 is 25.5 Å². The predicted octanol–water partition coefficient (Wildman–Crippen LogP) is 2.06. The number of ether oxygens (including phenoxy) is 1. The van der Waals surface area contributed by atoms with Gasteiger partial charge >= 0.3 is 6.09 Å². The van der Waals surface area contributed by atoms with E-state index in [1.807, 2.05) is 31.4 Å². The van der Waals surface area contributed by atoms with Crippen LogP contribution >= 0.6 is 0 Å². The number of nitrogen functional groups attached to an aromatic ring is 1. The van der Waals surface area contributed by atoms with Gasteiger partial charge in [-0.15, -0.1) is 0 Å². The van der Waals surface area contributed by atoms with E-state index in [9.17, 15) is 4.79 Å². The van der Waals surface area contributed by atoms with Gasteiger partial charge in [-0.05, 0) is 18.6 Å². The Labute approximate surface area is 161 Å². The monoisotopic (exact) mass is 383 g/mol. The SMILES string of the molecule is COc1ccc(-c2cnn(C)c2)c2nc(N)[nH]c12.N#C[C@H]1CCN(C(=O)O)C1. The molecule has 1 aliphatic heterocycles. The number of aryl methyl sites for hydroxylation is 1. The molecule has 4 rings (SSSR count). The Balaban J connectivity index is 0.000000192. The van der Waals surface area contributed by atoms with Crippen LogP contribution < -0.4 is 10.5 Å². The molecular formula is C18H21N7O3. The van der Waals surface area contributed by atoms with E-state index in [1.165, 1.54) is 4.90 Å². The lowest BCUT2D eigenvalue weighted by molar-refractivity contribution is 0.155. The normalized spacial score (nSPS) is 15.8. The smallest absolute Gasteiger partial charge is 0.407 e. The van der Waals surface area contributed by atoms with Gasteiger partial charge in [0.15, 0.2) is 5.95 Å². The summed E-state index contributed by atoms with van der Waals surface area (Å²) in [5, 5.41) is 21.0. The van der Waals surface area contributed by atoms with Crippen molar-refractivity contribution in [1.82, 2.24) is 24.6 Å². The number of amides is 1. The Morgan fingerprint density at radius 3 is 2.82 bits per heavy atom. The second-order valence-corrected chi connectivity index (χ2v) is 6.41. The lowest BCUT2D eigenvalue weighted by atomic mass is 10.1. The lowest BCUT2D eigenvalue weighted by Crippen LogP contribution is -2.26. The second kappa shape index (κ2) is 7.87. The third-order valence-electron chi connectivity index (χ3n) is 4.50. The zero-order chi connectivity index (χ0) is 20.3. The first-order valence-electron chi connectivity index (χ1n) is 8.61. The molecule has 10 heteroatoms. The average molecular weight is 383 g/mol. The van der Waals surface area contributed by atoms with Crippen molar-refractivity contribution in [2.75, 3.05) is 25.9 Å². The van der Waals surface area contributed by atoms with Crippen molar-refractivity contribution >= 4 is 23.1 Å². The van der Waals surface area contributed by atoms with Gasteiger partial charge in [-0.3, -0.25) is 4.68 Å². The van der Waals surface area contributed by atoms with E-state index in [1.54, 1.807) is 18.0 Å². The molecule has 1 amide bonds. The third-order valence-corrected chi connectivity index (χ3v) is 4.50. The van der Waals surface area contributed by atoms with Crippen molar-refractivity contribution in [1.29, 1.82) is 5.26 Å². The summed E-state index contributed by atoms with van der Waals surface area (Å²) < 4.78 is 7.04. The number of carbonyl (C=O) groups is 1. The minimum Gasteiger partial charge on any atom is -0.494 e. The highest BCUT2D eigenvalue weighted by Crippen LogP contribution is 2.33. The predicted molar refractivity (Wildman–Crippen MR) is 103 cm³/mol. The lowest BCUT2D eigenvalue weighted by Gasteiger charge is -2.08. The summed E-state index contributed by atoms with van der Waals surface area (Å²) in [4.78, 5) is 18.9. The van der Waals surface area contributed by atoms with E-state index in [2.05, 4.69) is 15.1 Å². The summed E-state index contributed by atoms with van der Waals surface area (Å²) >= 11 is 0. The van der Waals surface area contributed by atoms with Crippen LogP contribution in [0.3, 0.4) is 0 Å². The Hall–Kier alpha value is -3.74. The molecule has 4 N–H and O–H groups in total. The van der Waals surface area contributed by atoms with E-state index in [4.69, 9.17) is 20.8 Å². The van der Waals surface area contributed by atoms with Crippen molar-refractivity contribution in [3.05, 3.63) is 24.5 Å². The molecule has 10 nitrogen and oxygen atoms in total. The largest absolute Gasteiger partial charge is 0.494 e. The van der Waals surface area contributed by atoms with Crippen LogP contribution in [0.4, 0.5) is 10.7 Å². The molecule has 1 aromatic carbocycles. The van der Waals surface area contributed by atoms with Crippen LogP contribution in [-0.4, -0.2) is 56.0 Å². The molecule has 28 heavy (non-hydrogen) atoms. The zero-order valence-corrected chi connectivity index (χ0v) is 15.6. The minimum absolute atomic E-state index is 0.0869. The summed E-state index contributed by atoms with van der Waals surface area (Å²) in [5.74, 6) is 1.01. The van der Waals surface area contributed by atoms with Gasteiger partial charge in [0.1, 0.15) is 16.8 Å². The van der Waals surface area contributed by atoms with Crippen molar-refractivity contribution in [2.45, 2.75) is 6.42 Å². The fraction of sp³-hybridized carbons (Fsp3) is 0.333. The quantitative estimate of drug-likeness (QED) is 0.614. The van der Waals surface area contributed by atoms with E-state index >= 15 is 0 Å². The number of nitrogens with one attached hydrogen (secondary N) is 1. The molecule has 0 aliphatic carbocycles. The number of imidazole rings is 1. The van der Waals surface area contributed by atoms with Crippen molar-refractivity contribution in [2.24, 2.45) is 13.0 Å². The number of benzene rings is 1. The molecule has 0 saturated carbocycles. The van der Waals surface area contributed by atoms with E-state index in [-0.39, 0.29) is 5.92 Å². The fourth-order valence-electron chi connectivity index (χ4n) is 3.09. The van der Waals surface area contributed by atoms with E-state index in [0.29, 0.717) is 25.5 Å². The van der Waals surface area contributed by atoms with Gasteiger partial charge in [0.05, 0.1) is 25.3 Å². The number of hydrogen-bond acceptors (Lipinski definition) is 6. The number of carboxylic acid groups (broad SMARTS) is 1. The summed E-state index contributed by atoms with van der Waals surface area (Å²) in [6.45, 7) is 0.888. The summed E-state index contributed by atoms with van der Waals surface area (Å²) in [6.07, 6.45) is 3.50. The number of nitrogens with two attached hydrogens (primary N) is 1. The van der Waals surface area contributed by atoms with Crippen LogP contribution in [0.15, 0.2) is 24.5 Å². The number of aromatic amines is 1. The Morgan fingerprint density at radius 2 is 2.29 bits per heavy atom. The number of rotatable bonds is 2. The average Bonchev–Trinajstić information content (AvgIpc) is 3.40. The molecule has 0 spiro atoms. The van der Waals surface area contributed by atoms with Crippen molar-refractivity contribution < 1.29 is 14.6 Å². The molecule has 1 atom stereocenters. The topological polar surface area (TPSA) is 146 Å². The highest BCUT2D eigenvalue weighted by molar-refractivity contribution is 5.96. The molecule has 1 fully saturated rings. The van der Waals surface area contributed by atoms with Crippen LogP contribution in [0.25, 0.3) is 22.2 Å². The second-order valence-electron chi connectivity index (χ2n) is 6.41. The van der Waals surface area contributed by atoms with Crippen LogP contribution in [0, 0.1) is 17.2 Å². The number of nitrogens with zero attached hydrogens (tertiary/aromatic N) is 5. The Kier molecular flexibility index (Phi) is 5.35. The van der Waals surface area contributed by atoms with Gasteiger partial charge in [0.25, 0.3) is 0 Å². The summed E-state index contributed by atoms with van der Waals surface area (Å²) in [6, 6.07) is 5.89. The number of methoxy groups -OCH3 is 1. The fourth-order valence-corrected chi connectivity index (χ4v) is 3.09. The molecule has 146 valence electrons. The molecule has 0 bridgehead atoms. The Morgan fingerprint density at radius 1 is 1.50 bits per heavy atom. The van der Waals surface area contributed by atoms with Crippen molar-refractivity contribution in [3.8, 4) is 22.9 Å². The molecule has 0 unspecified atom stereocenters. The molecule has 3 aromatic rings. The first-order chi connectivity index (χ1) is 13.4. The number of fused-ring (bicyclic) bond motifs is 1. The van der Waals surface area contributed by atoms with Crippen LogP contribution in [-0.2, 0) is 7.05 Å². The number of likely N-dealkylation sites (tertiary alicyclic amines) is 1. The first kappa shape index (κ1) is 19.0. The first-order valence-corrected chi connectivity index (χ1v) is 8.61. The maximum atomic E-state index is 10.3. The van der Waals surface area contributed by atoms with Crippen molar-refractivity contribution in [3.63, 3.8) is 0 Å². The minimum atomic E-state index is -0.919. The molecule has 1 aliphatic rings. The molecule has 1 saturated heterocycles. The molecule has 3 heterocycles. The number of aromatic nitrogens is 4. The van der Waals surface area contributed by atoms with Crippen LogP contribution in [0.5, 0.6) is 5.75 Å². The van der Waals surface area contributed by atoms with Gasteiger partial charge in [-0.2, -0.15) is 10.4 Å². The number of H-pyrrole nitrogens is 1. The standard InChI is InChI=1S/C12H13N5O.C6H8N2O2/c1-17-6-7(5-14-17)8-3-4-9(18-2)11-10(8)15-12(13)16-11;7-3-5-1-2-8(4-5)6(9)10/h3-6H,1-2H3,(H3,13,15,16);5H,1-2,4H2,(H,9,10)/t;5-/m.1/s1. The Bertz CT molecular complexity index is 1030. The maximum absolute atomic E-state index is 10.3. The van der Waals surface area contributed by atoms with E-state index in [0.717, 1.165) is 27.9 Å².